The molecule has 0 aliphatic carbocycles. The number of hydrogen-bond donors (Lipinski definition) is 0. The fraction of sp³-hybridized carbons (Fsp3) is 0. The van der Waals surface area contributed by atoms with Crippen LogP contribution in [0.4, 0.5) is 0 Å². The van der Waals surface area contributed by atoms with Crippen molar-refractivity contribution in [3.8, 4) is 0 Å². The van der Waals surface area contributed by atoms with Crippen LogP contribution in [-0.4, -0.2) is 0 Å². The predicted molar refractivity (Wildman–Crippen MR) is 0 cm³/mol. The Labute approximate surface area is 1750 Å². The predicted octanol–water partition coefficient (Wildman–Crippen LogP) is -0.243. The van der Waals surface area contributed by atoms with Crippen LogP contribution in [0.2, 0.25) is 0 Å². The van der Waals surface area contributed by atoms with E-state index in [1.807, 2.05) is 0 Å². The van der Waals surface area contributed by atoms with Crippen molar-refractivity contribution in [2.45, 2.75) is 0 Å². The molecule has 97 radical (unpaired) electrons. The zero-order valence-corrected chi connectivity index (χ0v) is 179. The molecular formula is V97. The molecule has 485 valence electrons. The van der Waals surface area contributed by atoms with E-state index in [1.54, 1.807) is 0 Å². The summed E-state index contributed by atoms with van der Waals surface area (Å²) in [5.41, 5.74) is 0. The Hall–Kier alpha value is 56.7. The molecule has 0 bridgehead atoms. The van der Waals surface area contributed by atoms with E-state index in [4.69, 9.17) is 0 Å². The monoisotopic (exact) mass is 4940 g/mol. The summed E-state index contributed by atoms with van der Waals surface area (Å²) in [6.45, 7) is 0. The van der Waals surface area contributed by atoms with Gasteiger partial charge in [0.25, 0.3) is 0 Å². The van der Waals surface area contributed by atoms with Crippen LogP contribution in [0, 0.1) is 0 Å². The summed E-state index contributed by atoms with van der Waals surface area (Å²) in [6.07, 6.45) is 0. The molecule has 0 aromatic rings. The second-order valence-corrected chi connectivity index (χ2v) is 0. The molecule has 0 fully saturated rings. The maximum Gasteiger partial charge on any atom is 0 e. The summed E-state index contributed by atoms with van der Waals surface area (Å²) >= 11 is 0. The Morgan fingerprint density at radius 1 is 0.0103 bits per heavy atom. The van der Waals surface area contributed by atoms with Gasteiger partial charge in [-0.1, -0.05) is 0 Å². The van der Waals surface area contributed by atoms with Crippen molar-refractivity contribution in [3.63, 3.8) is 0 Å². The average molecular weight is 4940 g/mol. The van der Waals surface area contributed by atoms with Gasteiger partial charge in [-0.05, 0) is 0 Å². The molecule has 0 rings (SSSR count). The van der Waals surface area contributed by atoms with E-state index in [2.05, 4.69) is 0 Å². The van der Waals surface area contributed by atoms with Crippen LogP contribution in [0.25, 0.3) is 0 Å². The van der Waals surface area contributed by atoms with Gasteiger partial charge in [0, 0.05) is 1800 Å². The van der Waals surface area contributed by atoms with E-state index in [0.29, 0.717) is 0 Å². The van der Waals surface area contributed by atoms with E-state index >= 15 is 0 Å². The van der Waals surface area contributed by atoms with E-state index in [-0.39, 0.29) is 1800 Å². The Balaban J connectivity index is 0. The molecule has 0 aliphatic heterocycles. The first-order valence-corrected chi connectivity index (χ1v) is 0. The van der Waals surface area contributed by atoms with E-state index < -0.39 is 0 Å². The van der Waals surface area contributed by atoms with Gasteiger partial charge in [-0.15, -0.1) is 0 Å². The van der Waals surface area contributed by atoms with Crippen molar-refractivity contribution in [2.24, 2.45) is 0 Å². The van der Waals surface area contributed by atoms with E-state index in [0.717, 1.165) is 0 Å². The molecule has 0 unspecified atom stereocenters. The van der Waals surface area contributed by atoms with Gasteiger partial charge in [-0.3, -0.25) is 0 Å². The van der Waals surface area contributed by atoms with Crippen molar-refractivity contribution in [2.75, 3.05) is 0 Å². The quantitative estimate of drug-likeness (QED) is 0.315. The minimum Gasteiger partial charge on any atom is 0 e. The molecule has 97 heteroatoms. The largest absolute Gasteiger partial charge is 0 e. The Kier molecular flexibility index (Phi) is 12600. The van der Waals surface area contributed by atoms with Crippen molar-refractivity contribution in [3.05, 3.63) is 0 Å². The second kappa shape index (κ2) is 1090. The minimum absolute atomic E-state index is 0. The van der Waals surface area contributed by atoms with Gasteiger partial charge in [0.15, 0.2) is 0 Å². The van der Waals surface area contributed by atoms with E-state index in [1.165, 1.54) is 0 Å². The normalized spacial score (nSPS) is 0. The molecule has 0 nitrogen and oxygen atoms in total. The maximum absolute atomic E-state index is 0. The zero-order valence-electron chi connectivity index (χ0n) is 43.4. The average Bonchev–Trinajstić information content (AvgIpc) is 0. The third-order valence-corrected chi connectivity index (χ3v) is 0. The Bertz CT molecular complexity index is 0. The summed E-state index contributed by atoms with van der Waals surface area (Å²) < 4.78 is 0. The summed E-state index contributed by atoms with van der Waals surface area (Å²) in [5.74, 6) is 0. The van der Waals surface area contributed by atoms with E-state index in [9.17, 15) is 0 Å². The third-order valence-electron chi connectivity index (χ3n) is 0. The van der Waals surface area contributed by atoms with Crippen LogP contribution < -0.4 is 0 Å². The van der Waals surface area contributed by atoms with Crippen LogP contribution in [0.5, 0.6) is 0 Å². The molecule has 0 aromatic heterocycles. The summed E-state index contributed by atoms with van der Waals surface area (Å²) in [6, 6.07) is 0. The van der Waals surface area contributed by atoms with Crippen LogP contribution in [-0.2, 0) is 1800 Å². The molecule has 0 spiro atoms. The van der Waals surface area contributed by atoms with Gasteiger partial charge in [-0.2, -0.15) is 0 Å². The third kappa shape index (κ3) is 1080. The molecule has 0 amide bonds. The molecule has 0 N–H and O–H groups in total. The number of hydrogen-bond acceptors (Lipinski definition) is 0. The van der Waals surface area contributed by atoms with Crippen molar-refractivity contribution < 1.29 is 1800 Å². The molecule has 0 heterocycles. The fourth-order valence-corrected chi connectivity index (χ4v) is 0. The van der Waals surface area contributed by atoms with Crippen LogP contribution in [0.1, 0.15) is 0 Å². The number of rotatable bonds is 0. The van der Waals surface area contributed by atoms with Gasteiger partial charge < -0.3 is 0 Å². The molecule has 97 heavy (non-hydrogen) atoms. The molecular weight excluding hydrogens is 4940 g/mol. The molecule has 0 saturated carbocycles. The first kappa shape index (κ1) is 1110. The van der Waals surface area contributed by atoms with Gasteiger partial charge in [0.2, 0.25) is 0 Å². The molecule has 0 saturated heterocycles. The van der Waals surface area contributed by atoms with Crippen LogP contribution in [0.3, 0.4) is 0 Å². The second-order valence-electron chi connectivity index (χ2n) is 0. The molecule has 0 aliphatic rings. The van der Waals surface area contributed by atoms with Crippen LogP contribution in [0.15, 0.2) is 0 Å². The van der Waals surface area contributed by atoms with Gasteiger partial charge in [0.1, 0.15) is 0 Å². The summed E-state index contributed by atoms with van der Waals surface area (Å²) in [7, 11) is 0. The van der Waals surface area contributed by atoms with Crippen molar-refractivity contribution >= 4 is 0 Å². The molecule has 0 aromatic carbocycles. The van der Waals surface area contributed by atoms with Gasteiger partial charge in [0.05, 0.1) is 0 Å². The minimum atomic E-state index is 0. The van der Waals surface area contributed by atoms with Gasteiger partial charge >= 0.3 is 0 Å². The Morgan fingerprint density at radius 3 is 0.0103 bits per heavy atom. The molecule has 0 atom stereocenters. The SMILES string of the molecule is [V].[V].[V].[V].[V].[V].[V].[V].[V].[V].[V].[V].[V].[V].[V].[V].[V].[V].[V].[V].[V].[V].[V].[V].[V].[V].[V].[V].[V].[V].[V].[V].[V].[V].[V].[V].[V].[V].[V].[V].[V].[V].[V].[V].[V].[V].[V].[V].[V].[V].[V].[V].[V].[V].[V].[V].[V].[V].[V].[V].[V].[V].[V].[V].[V].[V].[V].[V].[V].[V].[V].[V].[V].[V].[V].[V].[V].[V].[V].[V].[V].[V].[V].[V].[V].[V].[V].[V].[V].[V].[V].[V].[V].[V].[V].[V].[V]. The summed E-state index contributed by atoms with van der Waals surface area (Å²) in [5, 5.41) is 0. The maximum atomic E-state index is 0. The smallest absolute Gasteiger partial charge is 0 e. The first-order chi connectivity index (χ1) is 0. The first-order valence-electron chi connectivity index (χ1n) is 0. The topological polar surface area (TPSA) is 0 Å². The Morgan fingerprint density at radius 2 is 0.0103 bits per heavy atom. The van der Waals surface area contributed by atoms with Crippen molar-refractivity contribution in [1.82, 2.24) is 0 Å². The van der Waals surface area contributed by atoms with Gasteiger partial charge in [-0.25, -0.2) is 0 Å². The zero-order chi connectivity index (χ0) is 0. The standard InChI is InChI=1S/97V. The van der Waals surface area contributed by atoms with Crippen molar-refractivity contribution in [1.29, 1.82) is 0 Å². The summed E-state index contributed by atoms with van der Waals surface area (Å²) in [4.78, 5) is 0. The fourth-order valence-electron chi connectivity index (χ4n) is 0. The van der Waals surface area contributed by atoms with Crippen LogP contribution >= 0.6 is 0 Å².